The first-order valence-corrected chi connectivity index (χ1v) is 12.8. The second-order valence-corrected chi connectivity index (χ2v) is 8.94. The van der Waals surface area contributed by atoms with Gasteiger partial charge < -0.3 is 24.6 Å². The number of fused-ring (bicyclic) bond motifs is 1. The number of anilines is 2. The van der Waals surface area contributed by atoms with Gasteiger partial charge in [-0.1, -0.05) is 54.2 Å². The Balaban J connectivity index is 1.64. The Morgan fingerprint density at radius 1 is 1.14 bits per heavy atom. The molecule has 2 aromatic carbocycles. The second kappa shape index (κ2) is 11.8. The summed E-state index contributed by atoms with van der Waals surface area (Å²) in [6, 6.07) is 17.3. The molecule has 1 N–H and O–H groups in total. The van der Waals surface area contributed by atoms with Gasteiger partial charge in [0.15, 0.2) is 5.16 Å². The van der Waals surface area contributed by atoms with E-state index in [1.807, 2.05) is 72.8 Å². The van der Waals surface area contributed by atoms with Crippen molar-refractivity contribution < 1.29 is 19.1 Å². The van der Waals surface area contributed by atoms with Crippen molar-refractivity contribution in [1.82, 2.24) is 15.3 Å². The quantitative estimate of drug-likeness (QED) is 0.359. The highest BCUT2D eigenvalue weighted by atomic mass is 32.2. The predicted molar refractivity (Wildman–Crippen MR) is 140 cm³/mol. The van der Waals surface area contributed by atoms with Crippen LogP contribution < -0.4 is 19.9 Å². The van der Waals surface area contributed by atoms with E-state index < -0.39 is 6.09 Å². The van der Waals surface area contributed by atoms with Gasteiger partial charge in [-0.15, -0.1) is 0 Å². The van der Waals surface area contributed by atoms with Crippen molar-refractivity contribution in [2.75, 3.05) is 49.8 Å². The van der Waals surface area contributed by atoms with Gasteiger partial charge in [0.1, 0.15) is 23.2 Å². The highest BCUT2D eigenvalue weighted by Crippen LogP contribution is 2.35. The number of rotatable bonds is 8. The normalized spacial score (nSPS) is 14.0. The maximum absolute atomic E-state index is 13.7. The van der Waals surface area contributed by atoms with Crippen LogP contribution in [-0.2, 0) is 4.74 Å². The van der Waals surface area contributed by atoms with E-state index in [0.717, 1.165) is 5.56 Å². The molecule has 1 aromatic heterocycles. The van der Waals surface area contributed by atoms with Gasteiger partial charge in [-0.2, -0.15) is 0 Å². The van der Waals surface area contributed by atoms with E-state index in [2.05, 4.69) is 20.0 Å². The van der Waals surface area contributed by atoms with E-state index in [1.54, 1.807) is 11.1 Å². The number of thioether (sulfide) groups is 1. The zero-order chi connectivity index (χ0) is 25.5. The Morgan fingerprint density at radius 2 is 1.89 bits per heavy atom. The molecule has 1 aliphatic heterocycles. The number of nitrogens with one attached hydrogen (secondary N) is 1. The number of hydrogen-bond acceptors (Lipinski definition) is 8. The van der Waals surface area contributed by atoms with Gasteiger partial charge in [-0.25, -0.2) is 14.8 Å². The van der Waals surface area contributed by atoms with Crippen molar-refractivity contribution in [2.24, 2.45) is 0 Å². The Labute approximate surface area is 214 Å². The van der Waals surface area contributed by atoms with Gasteiger partial charge in [0.05, 0.1) is 12.8 Å². The third-order valence-corrected chi connectivity index (χ3v) is 6.44. The molecule has 0 saturated carbocycles. The summed E-state index contributed by atoms with van der Waals surface area (Å²) >= 11 is 1.44. The fourth-order valence-corrected chi connectivity index (χ4v) is 4.34. The van der Waals surface area contributed by atoms with Crippen LogP contribution in [0.1, 0.15) is 28.4 Å². The van der Waals surface area contributed by atoms with Crippen molar-refractivity contribution in [3.63, 3.8) is 0 Å². The van der Waals surface area contributed by atoms with Crippen LogP contribution in [0.3, 0.4) is 0 Å². The number of benzene rings is 2. The number of likely N-dealkylation sites (N-methyl/N-ethyl adjacent to an activating group) is 1. The standard InChI is InChI=1S/C26H29N5O4S/c1-30-15-16-31(24(32)19-17-28-25(36-3)29-23(19)30)20-11-7-8-12-22(20)35-21(13-14-27-26(33)34-2)18-9-5-4-6-10-18/h4-12,17,21H,13-16H2,1-3H3,(H,27,33). The third-order valence-electron chi connectivity index (χ3n) is 5.88. The first-order chi connectivity index (χ1) is 17.5. The summed E-state index contributed by atoms with van der Waals surface area (Å²) in [7, 11) is 3.26. The molecule has 188 valence electrons. The molecule has 0 bridgehead atoms. The summed E-state index contributed by atoms with van der Waals surface area (Å²) < 4.78 is 11.2. The molecule has 1 aliphatic rings. The minimum absolute atomic E-state index is 0.179. The number of amides is 2. The van der Waals surface area contributed by atoms with Crippen LogP contribution in [0.15, 0.2) is 66.0 Å². The number of para-hydroxylation sites is 2. The van der Waals surface area contributed by atoms with E-state index in [1.165, 1.54) is 18.9 Å². The van der Waals surface area contributed by atoms with Crippen molar-refractivity contribution in [2.45, 2.75) is 17.7 Å². The average molecular weight is 508 g/mol. The maximum atomic E-state index is 13.7. The minimum atomic E-state index is -0.494. The fourth-order valence-electron chi connectivity index (χ4n) is 4.00. The number of carbonyl (C=O) groups is 2. The Kier molecular flexibility index (Phi) is 8.27. The SMILES string of the molecule is COC(=O)NCCC(Oc1ccccc1N1CCN(C)c2nc(SC)ncc2C1=O)c1ccccc1. The van der Waals surface area contributed by atoms with Crippen molar-refractivity contribution >= 4 is 35.3 Å². The summed E-state index contributed by atoms with van der Waals surface area (Å²) in [5, 5.41) is 3.33. The zero-order valence-corrected chi connectivity index (χ0v) is 21.3. The molecule has 10 heteroatoms. The molecule has 0 saturated heterocycles. The lowest BCUT2D eigenvalue weighted by atomic mass is 10.1. The summed E-state index contributed by atoms with van der Waals surface area (Å²) in [6.07, 6.45) is 3.17. The van der Waals surface area contributed by atoms with Crippen molar-refractivity contribution in [1.29, 1.82) is 0 Å². The molecule has 0 spiro atoms. The second-order valence-electron chi connectivity index (χ2n) is 8.16. The Morgan fingerprint density at radius 3 is 2.64 bits per heavy atom. The molecular weight excluding hydrogens is 478 g/mol. The van der Waals surface area contributed by atoms with E-state index >= 15 is 0 Å². The number of hydrogen-bond donors (Lipinski definition) is 1. The van der Waals surface area contributed by atoms with Crippen LogP contribution in [0.5, 0.6) is 5.75 Å². The van der Waals surface area contributed by atoms with Gasteiger partial charge in [0.2, 0.25) is 0 Å². The molecular formula is C26H29N5O4S. The number of alkyl carbamates (subject to hydrolysis) is 1. The zero-order valence-electron chi connectivity index (χ0n) is 20.5. The van der Waals surface area contributed by atoms with Gasteiger partial charge in [-0.3, -0.25) is 4.79 Å². The van der Waals surface area contributed by atoms with Crippen LogP contribution in [-0.4, -0.2) is 62.0 Å². The molecule has 0 fully saturated rings. The number of ether oxygens (including phenoxy) is 2. The highest BCUT2D eigenvalue weighted by molar-refractivity contribution is 7.98. The van der Waals surface area contributed by atoms with Crippen LogP contribution in [0, 0.1) is 0 Å². The van der Waals surface area contributed by atoms with Crippen molar-refractivity contribution in [3.05, 3.63) is 71.9 Å². The topological polar surface area (TPSA) is 96.9 Å². The molecule has 2 heterocycles. The molecule has 9 nitrogen and oxygen atoms in total. The molecule has 1 unspecified atom stereocenters. The molecule has 1 atom stereocenters. The van der Waals surface area contributed by atoms with Crippen LogP contribution in [0.2, 0.25) is 0 Å². The Bertz CT molecular complexity index is 1210. The minimum Gasteiger partial charge on any atom is -0.483 e. The monoisotopic (exact) mass is 507 g/mol. The largest absolute Gasteiger partial charge is 0.483 e. The fraction of sp³-hybridized carbons (Fsp3) is 0.308. The third kappa shape index (κ3) is 5.71. The predicted octanol–water partition coefficient (Wildman–Crippen LogP) is 4.16. The van der Waals surface area contributed by atoms with Gasteiger partial charge >= 0.3 is 6.09 Å². The number of carbonyl (C=O) groups excluding carboxylic acids is 2. The highest BCUT2D eigenvalue weighted by Gasteiger charge is 2.30. The lowest BCUT2D eigenvalue weighted by molar-refractivity contribution is 0.0987. The summed E-state index contributed by atoms with van der Waals surface area (Å²) in [6.45, 7) is 1.42. The molecule has 2 amide bonds. The number of methoxy groups -OCH3 is 1. The first-order valence-electron chi connectivity index (χ1n) is 11.6. The summed E-state index contributed by atoms with van der Waals surface area (Å²) in [5.74, 6) is 1.02. The van der Waals surface area contributed by atoms with Crippen LogP contribution in [0.25, 0.3) is 0 Å². The molecule has 36 heavy (non-hydrogen) atoms. The van der Waals surface area contributed by atoms with Gasteiger partial charge in [0, 0.05) is 39.3 Å². The number of aromatic nitrogens is 2. The molecule has 0 radical (unpaired) electrons. The van der Waals surface area contributed by atoms with E-state index in [0.29, 0.717) is 54.0 Å². The van der Waals surface area contributed by atoms with E-state index in [9.17, 15) is 9.59 Å². The van der Waals surface area contributed by atoms with Crippen molar-refractivity contribution in [3.8, 4) is 5.75 Å². The smallest absolute Gasteiger partial charge is 0.406 e. The molecule has 3 aromatic rings. The van der Waals surface area contributed by atoms with Gasteiger partial charge in [-0.05, 0) is 24.0 Å². The lowest BCUT2D eigenvalue weighted by Crippen LogP contribution is -2.34. The molecule has 0 aliphatic carbocycles. The Hall–Kier alpha value is -3.79. The first kappa shape index (κ1) is 25.3. The van der Waals surface area contributed by atoms with Gasteiger partial charge in [0.25, 0.3) is 5.91 Å². The summed E-state index contributed by atoms with van der Waals surface area (Å²) in [4.78, 5) is 37.8. The average Bonchev–Trinajstić information content (AvgIpc) is 3.04. The maximum Gasteiger partial charge on any atom is 0.406 e. The van der Waals surface area contributed by atoms with Crippen LogP contribution >= 0.6 is 11.8 Å². The summed E-state index contributed by atoms with van der Waals surface area (Å²) in [5.41, 5.74) is 2.08. The van der Waals surface area contributed by atoms with E-state index in [4.69, 9.17) is 4.74 Å². The van der Waals surface area contributed by atoms with Crippen LogP contribution in [0.4, 0.5) is 16.3 Å². The van der Waals surface area contributed by atoms with E-state index in [-0.39, 0.29) is 12.0 Å². The lowest BCUT2D eigenvalue weighted by Gasteiger charge is -2.26. The molecule has 4 rings (SSSR count). The number of nitrogens with zero attached hydrogens (tertiary/aromatic N) is 4.